The molecule has 0 saturated carbocycles. The number of amides is 2. The SMILES string of the molecule is N#Cc1ccc(N2N=C(NC(=O)c3ccccc3)CC2=O)cc1. The maximum absolute atomic E-state index is 12.1. The van der Waals surface area contributed by atoms with Crippen molar-refractivity contribution in [1.29, 1.82) is 5.26 Å². The van der Waals surface area contributed by atoms with Crippen LogP contribution in [0.25, 0.3) is 0 Å². The molecule has 1 heterocycles. The Morgan fingerprint density at radius 1 is 1.13 bits per heavy atom. The number of hydrogen-bond donors (Lipinski definition) is 1. The second kappa shape index (κ2) is 6.12. The van der Waals surface area contributed by atoms with Gasteiger partial charge in [-0.1, -0.05) is 18.2 Å². The number of nitrogens with zero attached hydrogens (tertiary/aromatic N) is 3. The van der Waals surface area contributed by atoms with E-state index in [1.807, 2.05) is 12.1 Å². The minimum absolute atomic E-state index is 0.0264. The van der Waals surface area contributed by atoms with E-state index < -0.39 is 0 Å². The summed E-state index contributed by atoms with van der Waals surface area (Å²) in [6.07, 6.45) is 0.0264. The lowest BCUT2D eigenvalue weighted by Crippen LogP contribution is -2.29. The summed E-state index contributed by atoms with van der Waals surface area (Å²) in [5.41, 5.74) is 1.56. The Kier molecular flexibility index (Phi) is 3.85. The highest BCUT2D eigenvalue weighted by Crippen LogP contribution is 2.20. The topological polar surface area (TPSA) is 85.6 Å². The van der Waals surface area contributed by atoms with Gasteiger partial charge in [0.1, 0.15) is 5.84 Å². The minimum Gasteiger partial charge on any atom is -0.308 e. The molecule has 23 heavy (non-hydrogen) atoms. The molecule has 0 atom stereocenters. The maximum Gasteiger partial charge on any atom is 0.256 e. The molecule has 2 aromatic rings. The fraction of sp³-hybridized carbons (Fsp3) is 0.0588. The normalized spacial score (nSPS) is 13.4. The van der Waals surface area contributed by atoms with Gasteiger partial charge in [-0.15, -0.1) is 0 Å². The molecule has 0 aromatic heterocycles. The largest absolute Gasteiger partial charge is 0.308 e. The second-order valence-corrected chi connectivity index (χ2v) is 4.91. The molecule has 3 rings (SSSR count). The van der Waals surface area contributed by atoms with Gasteiger partial charge in [-0.3, -0.25) is 9.59 Å². The van der Waals surface area contributed by atoms with Gasteiger partial charge in [0.25, 0.3) is 11.8 Å². The summed E-state index contributed by atoms with van der Waals surface area (Å²) in [4.78, 5) is 24.1. The Bertz CT molecular complexity index is 820. The van der Waals surface area contributed by atoms with Gasteiger partial charge < -0.3 is 5.32 Å². The lowest BCUT2D eigenvalue weighted by atomic mass is 10.2. The fourth-order valence-electron chi connectivity index (χ4n) is 2.17. The molecule has 2 amide bonds. The quantitative estimate of drug-likeness (QED) is 0.921. The van der Waals surface area contributed by atoms with E-state index in [1.165, 1.54) is 5.01 Å². The summed E-state index contributed by atoms with van der Waals surface area (Å²) in [6, 6.07) is 17.2. The molecule has 6 nitrogen and oxygen atoms in total. The van der Waals surface area contributed by atoms with E-state index in [-0.39, 0.29) is 18.2 Å². The van der Waals surface area contributed by atoms with Gasteiger partial charge in [-0.25, -0.2) is 0 Å². The number of benzene rings is 2. The second-order valence-electron chi connectivity index (χ2n) is 4.91. The zero-order chi connectivity index (χ0) is 16.2. The van der Waals surface area contributed by atoms with Crippen molar-refractivity contribution >= 4 is 23.3 Å². The van der Waals surface area contributed by atoms with Crippen molar-refractivity contribution in [2.75, 3.05) is 5.01 Å². The van der Waals surface area contributed by atoms with Crippen LogP contribution < -0.4 is 10.3 Å². The van der Waals surface area contributed by atoms with Crippen molar-refractivity contribution in [2.24, 2.45) is 5.10 Å². The Hall–Kier alpha value is -3.46. The van der Waals surface area contributed by atoms with Crippen LogP contribution in [0.5, 0.6) is 0 Å². The van der Waals surface area contributed by atoms with Crippen molar-refractivity contribution in [3.05, 3.63) is 65.7 Å². The zero-order valence-corrected chi connectivity index (χ0v) is 12.1. The number of nitrogens with one attached hydrogen (secondary N) is 1. The van der Waals surface area contributed by atoms with Gasteiger partial charge in [0.15, 0.2) is 0 Å². The first-order valence-corrected chi connectivity index (χ1v) is 6.94. The lowest BCUT2D eigenvalue weighted by molar-refractivity contribution is -0.116. The zero-order valence-electron chi connectivity index (χ0n) is 12.1. The van der Waals surface area contributed by atoms with Gasteiger partial charge in [0.2, 0.25) is 0 Å². The highest BCUT2D eigenvalue weighted by atomic mass is 16.2. The van der Waals surface area contributed by atoms with Crippen LogP contribution in [0.15, 0.2) is 59.7 Å². The van der Waals surface area contributed by atoms with Gasteiger partial charge >= 0.3 is 0 Å². The number of anilines is 1. The van der Waals surface area contributed by atoms with E-state index in [0.717, 1.165) is 0 Å². The van der Waals surface area contributed by atoms with E-state index in [0.29, 0.717) is 22.6 Å². The molecular formula is C17H12N4O2. The van der Waals surface area contributed by atoms with Crippen molar-refractivity contribution in [3.63, 3.8) is 0 Å². The Balaban J connectivity index is 1.76. The van der Waals surface area contributed by atoms with E-state index >= 15 is 0 Å². The van der Waals surface area contributed by atoms with Crippen LogP contribution in [0.3, 0.4) is 0 Å². The number of hydrogen-bond acceptors (Lipinski definition) is 4. The highest BCUT2D eigenvalue weighted by molar-refractivity contribution is 6.17. The van der Waals surface area contributed by atoms with Crippen molar-refractivity contribution < 1.29 is 9.59 Å². The molecule has 112 valence electrons. The van der Waals surface area contributed by atoms with Crippen LogP contribution in [0, 0.1) is 11.3 Å². The van der Waals surface area contributed by atoms with Gasteiger partial charge in [0.05, 0.1) is 23.7 Å². The van der Waals surface area contributed by atoms with Crippen LogP contribution in [0.1, 0.15) is 22.3 Å². The molecule has 1 N–H and O–H groups in total. The molecule has 1 aliphatic heterocycles. The summed E-state index contributed by atoms with van der Waals surface area (Å²) in [6.45, 7) is 0. The third-order valence-corrected chi connectivity index (χ3v) is 3.31. The Morgan fingerprint density at radius 2 is 1.83 bits per heavy atom. The molecular weight excluding hydrogens is 292 g/mol. The van der Waals surface area contributed by atoms with Gasteiger partial charge in [-0.2, -0.15) is 15.4 Å². The predicted octanol–water partition coefficient (Wildman–Crippen LogP) is 2.04. The predicted molar refractivity (Wildman–Crippen MR) is 84.6 cm³/mol. The third-order valence-electron chi connectivity index (χ3n) is 3.31. The van der Waals surface area contributed by atoms with Crippen molar-refractivity contribution in [3.8, 4) is 6.07 Å². The first-order valence-electron chi connectivity index (χ1n) is 6.94. The molecule has 0 unspecified atom stereocenters. The van der Waals surface area contributed by atoms with Crippen LogP contribution in [0.4, 0.5) is 5.69 Å². The first kappa shape index (κ1) is 14.5. The monoisotopic (exact) mass is 304 g/mol. The minimum atomic E-state index is -0.307. The van der Waals surface area contributed by atoms with E-state index in [1.54, 1.807) is 48.5 Å². The summed E-state index contributed by atoms with van der Waals surface area (Å²) in [5.74, 6) is -0.245. The lowest BCUT2D eigenvalue weighted by Gasteiger charge is -2.10. The summed E-state index contributed by atoms with van der Waals surface area (Å²) >= 11 is 0. The van der Waals surface area contributed by atoms with Crippen molar-refractivity contribution in [2.45, 2.75) is 6.42 Å². The Labute approximate surface area is 132 Å². The maximum atomic E-state index is 12.1. The molecule has 0 bridgehead atoms. The van der Waals surface area contributed by atoms with E-state index in [2.05, 4.69) is 10.4 Å². The molecule has 0 spiro atoms. The smallest absolute Gasteiger partial charge is 0.256 e. The highest BCUT2D eigenvalue weighted by Gasteiger charge is 2.26. The molecule has 6 heteroatoms. The Morgan fingerprint density at radius 3 is 2.48 bits per heavy atom. The number of nitriles is 1. The standard InChI is InChI=1S/C17H12N4O2/c18-11-12-6-8-14(9-7-12)21-16(22)10-15(20-21)19-17(23)13-4-2-1-3-5-13/h1-9H,10H2,(H,19,20,23). The fourth-order valence-corrected chi connectivity index (χ4v) is 2.17. The summed E-state index contributed by atoms with van der Waals surface area (Å²) in [5, 5.41) is 16.8. The first-order chi connectivity index (χ1) is 11.2. The molecule has 0 fully saturated rings. The molecule has 2 aromatic carbocycles. The molecule has 0 saturated heterocycles. The van der Waals surface area contributed by atoms with Gasteiger partial charge in [-0.05, 0) is 36.4 Å². The number of rotatable bonds is 2. The average Bonchev–Trinajstić information content (AvgIpc) is 2.96. The van der Waals surface area contributed by atoms with Crippen molar-refractivity contribution in [1.82, 2.24) is 5.32 Å². The number of carbonyl (C=O) groups excluding carboxylic acids is 2. The molecule has 0 radical (unpaired) electrons. The summed E-state index contributed by atoms with van der Waals surface area (Å²) in [7, 11) is 0. The van der Waals surface area contributed by atoms with Crippen LogP contribution in [-0.2, 0) is 4.79 Å². The van der Waals surface area contributed by atoms with Crippen LogP contribution in [-0.4, -0.2) is 17.6 Å². The van der Waals surface area contributed by atoms with Crippen LogP contribution in [0.2, 0.25) is 0 Å². The number of amidine groups is 1. The summed E-state index contributed by atoms with van der Waals surface area (Å²) < 4.78 is 0. The van der Waals surface area contributed by atoms with Crippen LogP contribution >= 0.6 is 0 Å². The van der Waals surface area contributed by atoms with Gasteiger partial charge in [0, 0.05) is 5.56 Å². The molecule has 1 aliphatic rings. The number of hydrazone groups is 1. The van der Waals surface area contributed by atoms with E-state index in [4.69, 9.17) is 5.26 Å². The van der Waals surface area contributed by atoms with E-state index in [9.17, 15) is 9.59 Å². The average molecular weight is 304 g/mol. The molecule has 0 aliphatic carbocycles. The number of carbonyl (C=O) groups is 2. The third kappa shape index (κ3) is 3.09.